The molecule has 26 heavy (non-hydrogen) atoms. The zero-order valence-corrected chi connectivity index (χ0v) is 15.5. The summed E-state index contributed by atoms with van der Waals surface area (Å²) in [6.45, 7) is 1.45. The van der Waals surface area contributed by atoms with Gasteiger partial charge in [0.15, 0.2) is 11.5 Å². The minimum Gasteiger partial charge on any atom is -0.486 e. The molecular formula is C19H17BrN2O4. The minimum atomic E-state index is -0.234. The molecule has 0 radical (unpaired) electrons. The zero-order chi connectivity index (χ0) is 18.1. The van der Waals surface area contributed by atoms with Crippen molar-refractivity contribution >= 4 is 33.4 Å². The number of hydrogen-bond donors (Lipinski definition) is 1. The van der Waals surface area contributed by atoms with Crippen LogP contribution in [-0.2, 0) is 4.79 Å². The first-order valence-corrected chi connectivity index (χ1v) is 9.16. The van der Waals surface area contributed by atoms with Crippen molar-refractivity contribution in [3.8, 4) is 11.5 Å². The number of carbonyl (C=O) groups is 2. The van der Waals surface area contributed by atoms with Crippen molar-refractivity contribution in [1.82, 2.24) is 5.32 Å². The van der Waals surface area contributed by atoms with Crippen molar-refractivity contribution in [3.05, 3.63) is 52.5 Å². The van der Waals surface area contributed by atoms with Gasteiger partial charge in [-0.05, 0) is 30.3 Å². The molecule has 0 bridgehead atoms. The predicted octanol–water partition coefficient (Wildman–Crippen LogP) is 2.76. The van der Waals surface area contributed by atoms with E-state index in [-0.39, 0.29) is 24.3 Å². The van der Waals surface area contributed by atoms with E-state index in [1.807, 2.05) is 24.3 Å². The quantitative estimate of drug-likeness (QED) is 0.834. The molecule has 7 heteroatoms. The summed E-state index contributed by atoms with van der Waals surface area (Å²) in [6, 6.07) is 12.4. The van der Waals surface area contributed by atoms with Gasteiger partial charge in [-0.25, -0.2) is 0 Å². The molecule has 0 aromatic heterocycles. The van der Waals surface area contributed by atoms with Crippen molar-refractivity contribution < 1.29 is 19.1 Å². The molecule has 2 heterocycles. The Kier molecular flexibility index (Phi) is 4.55. The average Bonchev–Trinajstić information content (AvgIpc) is 3.01. The van der Waals surface area contributed by atoms with Crippen LogP contribution in [0.15, 0.2) is 46.9 Å². The summed E-state index contributed by atoms with van der Waals surface area (Å²) in [6.07, 6.45) is 0.272. The third-order valence-electron chi connectivity index (χ3n) is 4.38. The van der Waals surface area contributed by atoms with Gasteiger partial charge in [-0.3, -0.25) is 9.59 Å². The summed E-state index contributed by atoms with van der Waals surface area (Å²) in [7, 11) is 0. The van der Waals surface area contributed by atoms with Crippen LogP contribution in [0.2, 0.25) is 0 Å². The lowest BCUT2D eigenvalue weighted by atomic mass is 10.2. The van der Waals surface area contributed by atoms with E-state index in [1.54, 1.807) is 23.1 Å². The molecule has 2 aliphatic heterocycles. The van der Waals surface area contributed by atoms with Crippen LogP contribution in [0.3, 0.4) is 0 Å². The van der Waals surface area contributed by atoms with Crippen LogP contribution in [-0.4, -0.2) is 37.6 Å². The van der Waals surface area contributed by atoms with Gasteiger partial charge >= 0.3 is 0 Å². The second-order valence-corrected chi connectivity index (χ2v) is 7.13. The van der Waals surface area contributed by atoms with Gasteiger partial charge in [-0.2, -0.15) is 0 Å². The van der Waals surface area contributed by atoms with E-state index in [0.717, 1.165) is 10.2 Å². The van der Waals surface area contributed by atoms with E-state index < -0.39 is 0 Å². The molecule has 134 valence electrons. The smallest absolute Gasteiger partial charge is 0.251 e. The maximum absolute atomic E-state index is 12.4. The van der Waals surface area contributed by atoms with E-state index in [0.29, 0.717) is 36.8 Å². The van der Waals surface area contributed by atoms with Crippen molar-refractivity contribution in [3.63, 3.8) is 0 Å². The van der Waals surface area contributed by atoms with E-state index >= 15 is 0 Å². The molecule has 4 rings (SSSR count). The Labute approximate surface area is 159 Å². The van der Waals surface area contributed by atoms with E-state index in [1.165, 1.54) is 0 Å². The van der Waals surface area contributed by atoms with Crippen LogP contribution in [0, 0.1) is 0 Å². The van der Waals surface area contributed by atoms with Crippen LogP contribution in [0.25, 0.3) is 0 Å². The molecule has 0 aliphatic carbocycles. The lowest BCUT2D eigenvalue weighted by Gasteiger charge is -2.22. The number of anilines is 1. The zero-order valence-electron chi connectivity index (χ0n) is 13.9. The Hall–Kier alpha value is -2.54. The van der Waals surface area contributed by atoms with Crippen molar-refractivity contribution in [2.45, 2.75) is 12.5 Å². The second kappa shape index (κ2) is 6.99. The van der Waals surface area contributed by atoms with Gasteiger partial charge in [0.25, 0.3) is 5.91 Å². The Bertz CT molecular complexity index is 870. The van der Waals surface area contributed by atoms with Crippen LogP contribution >= 0.6 is 15.9 Å². The summed E-state index contributed by atoms with van der Waals surface area (Å²) >= 11 is 3.36. The van der Waals surface area contributed by atoms with Gasteiger partial charge in [-0.1, -0.05) is 22.0 Å². The predicted molar refractivity (Wildman–Crippen MR) is 99.8 cm³/mol. The van der Waals surface area contributed by atoms with Crippen LogP contribution < -0.4 is 19.7 Å². The number of nitrogens with one attached hydrogen (secondary N) is 1. The third kappa shape index (κ3) is 3.39. The van der Waals surface area contributed by atoms with Gasteiger partial charge in [0.05, 0.1) is 6.04 Å². The number of carbonyl (C=O) groups excluding carboxylic acids is 2. The number of nitrogens with zero attached hydrogens (tertiary/aromatic N) is 1. The van der Waals surface area contributed by atoms with Crippen molar-refractivity contribution in [2.24, 2.45) is 0 Å². The standard InChI is InChI=1S/C19H17BrN2O4/c20-13-3-1-2-12(8-13)19(24)21-14-9-18(23)22(11-14)15-4-5-16-17(10-15)26-7-6-25-16/h1-5,8,10,14H,6-7,9,11H2,(H,21,24). The average molecular weight is 417 g/mol. The first-order chi connectivity index (χ1) is 12.6. The SMILES string of the molecule is O=C(NC1CC(=O)N(c2ccc3c(c2)OCCO3)C1)c1cccc(Br)c1. The number of fused-ring (bicyclic) bond motifs is 1. The molecule has 1 unspecified atom stereocenters. The highest BCUT2D eigenvalue weighted by molar-refractivity contribution is 9.10. The molecule has 2 amide bonds. The van der Waals surface area contributed by atoms with Crippen molar-refractivity contribution in [1.29, 1.82) is 0 Å². The number of amides is 2. The molecule has 2 aliphatic rings. The summed E-state index contributed by atoms with van der Waals surface area (Å²) in [4.78, 5) is 26.5. The fourth-order valence-electron chi connectivity index (χ4n) is 3.15. The first kappa shape index (κ1) is 16.9. The fourth-order valence-corrected chi connectivity index (χ4v) is 3.55. The maximum atomic E-state index is 12.4. The Morgan fingerprint density at radius 2 is 1.92 bits per heavy atom. The van der Waals surface area contributed by atoms with Crippen LogP contribution in [0.4, 0.5) is 5.69 Å². The maximum Gasteiger partial charge on any atom is 0.251 e. The Morgan fingerprint density at radius 3 is 2.73 bits per heavy atom. The lowest BCUT2D eigenvalue weighted by Crippen LogP contribution is -2.37. The molecule has 1 N–H and O–H groups in total. The number of halogens is 1. The fraction of sp³-hybridized carbons (Fsp3) is 0.263. The summed E-state index contributed by atoms with van der Waals surface area (Å²) in [5, 5.41) is 2.94. The number of ether oxygens (including phenoxy) is 2. The van der Waals surface area contributed by atoms with E-state index in [2.05, 4.69) is 21.2 Å². The van der Waals surface area contributed by atoms with Gasteiger partial charge in [0.1, 0.15) is 13.2 Å². The first-order valence-electron chi connectivity index (χ1n) is 8.36. The normalized spacial score (nSPS) is 18.7. The number of hydrogen-bond acceptors (Lipinski definition) is 4. The van der Waals surface area contributed by atoms with Gasteiger partial charge in [0, 0.05) is 34.8 Å². The lowest BCUT2D eigenvalue weighted by molar-refractivity contribution is -0.117. The molecule has 2 aromatic carbocycles. The Balaban J connectivity index is 1.46. The Morgan fingerprint density at radius 1 is 1.12 bits per heavy atom. The molecule has 0 spiro atoms. The summed E-state index contributed by atoms with van der Waals surface area (Å²) < 4.78 is 11.9. The topological polar surface area (TPSA) is 67.9 Å². The highest BCUT2D eigenvalue weighted by Crippen LogP contribution is 2.35. The van der Waals surface area contributed by atoms with Crippen LogP contribution in [0.1, 0.15) is 16.8 Å². The molecule has 1 fully saturated rings. The number of rotatable bonds is 3. The molecular weight excluding hydrogens is 400 g/mol. The second-order valence-electron chi connectivity index (χ2n) is 6.22. The molecule has 1 saturated heterocycles. The van der Waals surface area contributed by atoms with Crippen molar-refractivity contribution in [2.75, 3.05) is 24.7 Å². The monoisotopic (exact) mass is 416 g/mol. The number of benzene rings is 2. The summed E-state index contributed by atoms with van der Waals surface area (Å²) in [5.74, 6) is 1.11. The largest absolute Gasteiger partial charge is 0.486 e. The van der Waals surface area contributed by atoms with Gasteiger partial charge < -0.3 is 19.7 Å². The highest BCUT2D eigenvalue weighted by atomic mass is 79.9. The van der Waals surface area contributed by atoms with Gasteiger partial charge in [-0.15, -0.1) is 0 Å². The highest BCUT2D eigenvalue weighted by Gasteiger charge is 2.32. The van der Waals surface area contributed by atoms with Crippen LogP contribution in [0.5, 0.6) is 11.5 Å². The summed E-state index contributed by atoms with van der Waals surface area (Å²) in [5.41, 5.74) is 1.31. The van der Waals surface area contributed by atoms with E-state index in [9.17, 15) is 9.59 Å². The molecule has 2 aromatic rings. The molecule has 1 atom stereocenters. The molecule has 6 nitrogen and oxygen atoms in total. The molecule has 0 saturated carbocycles. The third-order valence-corrected chi connectivity index (χ3v) is 4.88. The van der Waals surface area contributed by atoms with E-state index in [4.69, 9.17) is 9.47 Å². The minimum absolute atomic E-state index is 0.0266. The van der Waals surface area contributed by atoms with Gasteiger partial charge in [0.2, 0.25) is 5.91 Å².